The predicted molar refractivity (Wildman–Crippen MR) is 75.9 cm³/mol. The van der Waals surface area contributed by atoms with Crippen LogP contribution in [0.2, 0.25) is 0 Å². The van der Waals surface area contributed by atoms with Crippen molar-refractivity contribution in [1.29, 1.82) is 0 Å². The molecule has 4 nitrogen and oxygen atoms in total. The Hall–Kier alpha value is -1.42. The van der Waals surface area contributed by atoms with E-state index < -0.39 is 0 Å². The standard InChI is InChI=1S/C15H22N4/c1-11(2)12(3)19(13-5-6-13)10-14-9-17-15-16-7-4-8-18(14)15/h4,7-9,11-13H,5-6,10H2,1-3H3/t12-/m0/s1. The Bertz CT molecular complexity index is 556. The quantitative estimate of drug-likeness (QED) is 0.827. The first kappa shape index (κ1) is 12.6. The van der Waals surface area contributed by atoms with Gasteiger partial charge in [0.1, 0.15) is 0 Å². The summed E-state index contributed by atoms with van der Waals surface area (Å²) < 4.78 is 2.10. The van der Waals surface area contributed by atoms with Crippen molar-refractivity contribution in [3.05, 3.63) is 30.4 Å². The lowest BCUT2D eigenvalue weighted by Gasteiger charge is -2.31. The van der Waals surface area contributed by atoms with E-state index in [2.05, 4.69) is 46.2 Å². The van der Waals surface area contributed by atoms with E-state index in [1.807, 2.05) is 12.3 Å². The van der Waals surface area contributed by atoms with Crippen LogP contribution in [0, 0.1) is 5.92 Å². The second kappa shape index (κ2) is 4.93. The molecule has 0 aromatic carbocycles. The first-order valence-corrected chi connectivity index (χ1v) is 7.19. The van der Waals surface area contributed by atoms with Gasteiger partial charge in [-0.3, -0.25) is 9.30 Å². The molecule has 1 fully saturated rings. The van der Waals surface area contributed by atoms with Crippen molar-refractivity contribution >= 4 is 5.78 Å². The molecule has 0 radical (unpaired) electrons. The molecule has 0 N–H and O–H groups in total. The van der Waals surface area contributed by atoms with E-state index in [0.29, 0.717) is 12.0 Å². The lowest BCUT2D eigenvalue weighted by Crippen LogP contribution is -2.38. The molecule has 1 aliphatic carbocycles. The molecule has 0 amide bonds. The monoisotopic (exact) mass is 258 g/mol. The lowest BCUT2D eigenvalue weighted by molar-refractivity contribution is 0.148. The number of aromatic nitrogens is 3. The third-order valence-electron chi connectivity index (χ3n) is 4.21. The minimum atomic E-state index is 0.606. The molecule has 0 saturated heterocycles. The number of imidazole rings is 1. The number of rotatable bonds is 5. The Morgan fingerprint density at radius 1 is 1.32 bits per heavy atom. The number of hydrogen-bond acceptors (Lipinski definition) is 3. The molecule has 0 aliphatic heterocycles. The van der Waals surface area contributed by atoms with Crippen molar-refractivity contribution in [3.8, 4) is 0 Å². The van der Waals surface area contributed by atoms with Gasteiger partial charge in [0.15, 0.2) is 0 Å². The van der Waals surface area contributed by atoms with E-state index in [-0.39, 0.29) is 0 Å². The summed E-state index contributed by atoms with van der Waals surface area (Å²) in [7, 11) is 0. The molecule has 1 saturated carbocycles. The Balaban J connectivity index is 1.85. The van der Waals surface area contributed by atoms with Crippen LogP contribution in [0.1, 0.15) is 39.3 Å². The first-order chi connectivity index (χ1) is 9.16. The Labute approximate surface area is 114 Å². The summed E-state index contributed by atoms with van der Waals surface area (Å²) in [5.74, 6) is 1.48. The topological polar surface area (TPSA) is 33.4 Å². The Morgan fingerprint density at radius 3 is 2.79 bits per heavy atom. The minimum Gasteiger partial charge on any atom is -0.292 e. The second-order valence-corrected chi connectivity index (χ2v) is 5.93. The summed E-state index contributed by atoms with van der Waals surface area (Å²) in [5, 5.41) is 0. The van der Waals surface area contributed by atoms with Gasteiger partial charge in [0.25, 0.3) is 0 Å². The summed E-state index contributed by atoms with van der Waals surface area (Å²) in [6, 6.07) is 3.33. The van der Waals surface area contributed by atoms with E-state index >= 15 is 0 Å². The summed E-state index contributed by atoms with van der Waals surface area (Å²) in [6.45, 7) is 7.91. The summed E-state index contributed by atoms with van der Waals surface area (Å²) in [4.78, 5) is 11.3. The van der Waals surface area contributed by atoms with Crippen molar-refractivity contribution in [2.24, 2.45) is 5.92 Å². The van der Waals surface area contributed by atoms with Crippen LogP contribution in [0.3, 0.4) is 0 Å². The molecule has 0 spiro atoms. The van der Waals surface area contributed by atoms with Crippen LogP contribution < -0.4 is 0 Å². The third kappa shape index (κ3) is 2.50. The van der Waals surface area contributed by atoms with Gasteiger partial charge in [-0.1, -0.05) is 13.8 Å². The highest BCUT2D eigenvalue weighted by Crippen LogP contribution is 2.32. The zero-order valence-corrected chi connectivity index (χ0v) is 12.0. The van der Waals surface area contributed by atoms with Crippen LogP contribution in [0.5, 0.6) is 0 Å². The molecule has 2 heterocycles. The lowest BCUT2D eigenvalue weighted by atomic mass is 10.0. The van der Waals surface area contributed by atoms with Gasteiger partial charge < -0.3 is 0 Å². The largest absolute Gasteiger partial charge is 0.292 e. The molecule has 4 heteroatoms. The fraction of sp³-hybridized carbons (Fsp3) is 0.600. The molecule has 0 bridgehead atoms. The summed E-state index contributed by atoms with van der Waals surface area (Å²) in [6.07, 6.45) is 8.49. The predicted octanol–water partition coefficient (Wildman–Crippen LogP) is 2.74. The van der Waals surface area contributed by atoms with Crippen LogP contribution in [-0.4, -0.2) is 31.4 Å². The maximum absolute atomic E-state index is 4.38. The fourth-order valence-electron chi connectivity index (χ4n) is 2.58. The molecule has 2 aromatic rings. The highest BCUT2D eigenvalue weighted by molar-refractivity contribution is 5.30. The van der Waals surface area contributed by atoms with Gasteiger partial charge >= 0.3 is 0 Å². The molecule has 102 valence electrons. The maximum Gasteiger partial charge on any atom is 0.233 e. The Morgan fingerprint density at radius 2 is 2.11 bits per heavy atom. The second-order valence-electron chi connectivity index (χ2n) is 5.93. The van der Waals surface area contributed by atoms with E-state index in [9.17, 15) is 0 Å². The minimum absolute atomic E-state index is 0.606. The van der Waals surface area contributed by atoms with E-state index in [0.717, 1.165) is 18.4 Å². The SMILES string of the molecule is CC(C)[C@H](C)N(Cc1cnc2ncccn12)C1CC1. The maximum atomic E-state index is 4.38. The summed E-state index contributed by atoms with van der Waals surface area (Å²) in [5.41, 5.74) is 1.24. The molecule has 1 aliphatic rings. The first-order valence-electron chi connectivity index (χ1n) is 7.19. The zero-order chi connectivity index (χ0) is 13.4. The van der Waals surface area contributed by atoms with Crippen molar-refractivity contribution in [2.75, 3.05) is 0 Å². The van der Waals surface area contributed by atoms with Crippen LogP contribution in [0.15, 0.2) is 24.7 Å². The fourth-order valence-corrected chi connectivity index (χ4v) is 2.58. The van der Waals surface area contributed by atoms with E-state index in [4.69, 9.17) is 0 Å². The van der Waals surface area contributed by atoms with Gasteiger partial charge in [-0.05, 0) is 31.7 Å². The zero-order valence-electron chi connectivity index (χ0n) is 12.0. The van der Waals surface area contributed by atoms with Crippen LogP contribution in [-0.2, 0) is 6.54 Å². The van der Waals surface area contributed by atoms with Gasteiger partial charge in [-0.2, -0.15) is 0 Å². The normalized spacial score (nSPS) is 17.5. The van der Waals surface area contributed by atoms with Gasteiger partial charge in [-0.15, -0.1) is 0 Å². The number of nitrogens with zero attached hydrogens (tertiary/aromatic N) is 4. The van der Waals surface area contributed by atoms with Gasteiger partial charge in [0, 0.05) is 31.0 Å². The van der Waals surface area contributed by atoms with Crippen molar-refractivity contribution < 1.29 is 0 Å². The molecular weight excluding hydrogens is 236 g/mol. The average molecular weight is 258 g/mol. The van der Waals surface area contributed by atoms with Crippen molar-refractivity contribution in [1.82, 2.24) is 19.3 Å². The summed E-state index contributed by atoms with van der Waals surface area (Å²) >= 11 is 0. The Kier molecular flexibility index (Phi) is 3.27. The molecule has 19 heavy (non-hydrogen) atoms. The van der Waals surface area contributed by atoms with Gasteiger partial charge in [-0.25, -0.2) is 9.97 Å². The molecule has 0 unspecified atom stereocenters. The number of fused-ring (bicyclic) bond motifs is 1. The van der Waals surface area contributed by atoms with Crippen molar-refractivity contribution in [2.45, 2.75) is 52.2 Å². The van der Waals surface area contributed by atoms with Crippen molar-refractivity contribution in [3.63, 3.8) is 0 Å². The van der Waals surface area contributed by atoms with Crippen LogP contribution >= 0.6 is 0 Å². The molecular formula is C15H22N4. The van der Waals surface area contributed by atoms with E-state index in [1.54, 1.807) is 6.20 Å². The number of hydrogen-bond donors (Lipinski definition) is 0. The molecule has 1 atom stereocenters. The molecule has 3 rings (SSSR count). The third-order valence-corrected chi connectivity index (χ3v) is 4.21. The highest BCUT2D eigenvalue weighted by Gasteiger charge is 2.33. The van der Waals surface area contributed by atoms with E-state index in [1.165, 1.54) is 18.5 Å². The van der Waals surface area contributed by atoms with Crippen LogP contribution in [0.25, 0.3) is 5.78 Å². The van der Waals surface area contributed by atoms with Crippen LogP contribution in [0.4, 0.5) is 0 Å². The van der Waals surface area contributed by atoms with Gasteiger partial charge in [0.05, 0.1) is 11.9 Å². The highest BCUT2D eigenvalue weighted by atomic mass is 15.2. The smallest absolute Gasteiger partial charge is 0.233 e. The van der Waals surface area contributed by atoms with Gasteiger partial charge in [0.2, 0.25) is 5.78 Å². The molecule has 2 aromatic heterocycles. The average Bonchev–Trinajstić information content (AvgIpc) is 3.17.